The maximum atomic E-state index is 15.1. The van der Waals surface area contributed by atoms with Crippen LogP contribution in [-0.2, 0) is 33.3 Å². The van der Waals surface area contributed by atoms with Gasteiger partial charge in [0, 0.05) is 60.8 Å². The van der Waals surface area contributed by atoms with Crippen LogP contribution in [0.5, 0.6) is 0 Å². The van der Waals surface area contributed by atoms with Gasteiger partial charge in [0.15, 0.2) is 24.3 Å². The number of nitrogens with two attached hydrogens (primary N) is 3. The summed E-state index contributed by atoms with van der Waals surface area (Å²) in [5.74, 6) is -0.191. The van der Waals surface area contributed by atoms with Crippen LogP contribution in [0.25, 0.3) is 0 Å². The molecule has 0 spiro atoms. The summed E-state index contributed by atoms with van der Waals surface area (Å²) in [6.07, 6.45) is -0.172. The molecule has 2 fully saturated rings. The first-order valence-electron chi connectivity index (χ1n) is 23.7. The molecule has 0 aromatic carbocycles. The molecular formula is C46H66N7O15S4+. The zero-order valence-corrected chi connectivity index (χ0v) is 43.0. The largest absolute Gasteiger partial charge is 0.477 e. The molecule has 6 aliphatic heterocycles. The van der Waals surface area contributed by atoms with Gasteiger partial charge in [-0.1, -0.05) is 67.2 Å². The highest BCUT2D eigenvalue weighted by Crippen LogP contribution is 2.52. The molecule has 1 saturated carbocycles. The van der Waals surface area contributed by atoms with Gasteiger partial charge in [-0.15, -0.1) is 0 Å². The molecule has 16 N–H and O–H groups in total. The second-order valence-corrected chi connectivity index (χ2v) is 23.8. The molecule has 0 aromatic heterocycles. The quantitative estimate of drug-likeness (QED) is 0.0121. The number of nitrogens with one attached hydrogen (secondary N) is 2. The molecule has 398 valence electrons. The van der Waals surface area contributed by atoms with Crippen molar-refractivity contribution < 1.29 is 79.0 Å². The van der Waals surface area contributed by atoms with Crippen molar-refractivity contribution >= 4 is 67.0 Å². The van der Waals surface area contributed by atoms with Crippen LogP contribution in [0.15, 0.2) is 68.7 Å². The Bertz CT molecular complexity index is 2270. The zero-order chi connectivity index (χ0) is 51.9. The molecule has 14 unspecified atom stereocenters. The standard InChI is InChI=1S/C46H65N7O15S4/c1-23(2)65-37-42(67-33(20-57)36(58)46(37,62)63)68-41-27-5-3-14-69-72-45(10-12-50-43(47)48)9-8-24-15-26-16-53(17-28(39(59)60)35(26)52-44(49)51-11-4-13-54)31(19-56)38(45)71-70-22-30-25(18-55)6-7-32(30)66-40(61)29(21-64-41)34(24)27/h3,5,15,17,21,23,25,27,30-34,36-38,41-42,54-58,62-63H,4,6-7,10-14,16,18-20,22H2,1-2H3,(H,59,60)(H4,47,48,50)(H3,49,51,52)/p+1. The van der Waals surface area contributed by atoms with Gasteiger partial charge < -0.3 is 87.1 Å². The van der Waals surface area contributed by atoms with Crippen molar-refractivity contribution in [1.82, 2.24) is 5.32 Å². The van der Waals surface area contributed by atoms with Gasteiger partial charge in [-0.25, -0.2) is 9.59 Å². The van der Waals surface area contributed by atoms with Crippen molar-refractivity contribution in [1.29, 1.82) is 0 Å². The number of nitrogens with zero attached hydrogens (tertiary/aromatic N) is 2. The van der Waals surface area contributed by atoms with E-state index in [9.17, 15) is 45.6 Å². The van der Waals surface area contributed by atoms with Crippen molar-refractivity contribution in [3.8, 4) is 11.8 Å². The Labute approximate surface area is 432 Å². The summed E-state index contributed by atoms with van der Waals surface area (Å²) in [7, 11) is 5.88. The van der Waals surface area contributed by atoms with Gasteiger partial charge >= 0.3 is 11.9 Å². The first-order valence-corrected chi connectivity index (χ1v) is 28.4. The van der Waals surface area contributed by atoms with Crippen LogP contribution in [0.3, 0.4) is 0 Å². The van der Waals surface area contributed by atoms with Crippen LogP contribution >= 0.6 is 43.2 Å². The van der Waals surface area contributed by atoms with Gasteiger partial charge in [-0.05, 0) is 51.5 Å². The summed E-state index contributed by atoms with van der Waals surface area (Å²) in [4.78, 5) is 37.8. The lowest BCUT2D eigenvalue weighted by molar-refractivity contribution is -0.870. The number of quaternary nitrogens is 1. The highest BCUT2D eigenvalue weighted by atomic mass is 33.1. The summed E-state index contributed by atoms with van der Waals surface area (Å²) in [5.41, 5.74) is 18.7. The van der Waals surface area contributed by atoms with E-state index in [0.717, 1.165) is 0 Å². The fourth-order valence-corrected chi connectivity index (χ4v) is 17.0. The predicted molar refractivity (Wildman–Crippen MR) is 271 cm³/mol. The first-order chi connectivity index (χ1) is 34.5. The van der Waals surface area contributed by atoms with E-state index in [0.29, 0.717) is 34.8 Å². The van der Waals surface area contributed by atoms with Crippen molar-refractivity contribution in [2.24, 2.45) is 50.9 Å². The van der Waals surface area contributed by atoms with E-state index in [1.165, 1.54) is 55.6 Å². The molecule has 6 bridgehead atoms. The normalized spacial score (nSPS) is 35.6. The fraction of sp³-hybridized carbons (Fsp3) is 0.652. The SMILES string of the molecule is CC(C)OC1C(OC2OC=C3C(=O)OC4CCC(CO)C4CSSC4C(CO)[NH+]5C=C(C(=O)O)C(NC(N)=NCCCO)=C(C=C6C#CC4(CCN=C(N)N)SSCC=CC2C63)C5)OC(CO)C(O)C1(O)O. The monoisotopic (exact) mass is 1080 g/mol. The molecule has 0 amide bonds. The number of guanidine groups is 2. The molecule has 0 aromatic rings. The number of carbonyl (C=O) groups excluding carboxylic acids is 1. The van der Waals surface area contributed by atoms with E-state index < -0.39 is 102 Å². The minimum atomic E-state index is -3.00. The number of aliphatic hydroxyl groups excluding tert-OH is 5. The topological polar surface area (TPSA) is 361 Å². The lowest BCUT2D eigenvalue weighted by Gasteiger charge is -2.48. The van der Waals surface area contributed by atoms with Crippen LogP contribution in [0.1, 0.15) is 39.5 Å². The molecule has 0 radical (unpaired) electrons. The number of esters is 1. The number of aliphatic carboxylic acids is 1. The summed E-state index contributed by atoms with van der Waals surface area (Å²) in [6.45, 7) is 2.00. The highest BCUT2D eigenvalue weighted by molar-refractivity contribution is 8.79. The molecular weight excluding hydrogens is 1020 g/mol. The van der Waals surface area contributed by atoms with E-state index in [1.54, 1.807) is 26.0 Å². The van der Waals surface area contributed by atoms with Gasteiger partial charge in [0.25, 0.3) is 0 Å². The van der Waals surface area contributed by atoms with E-state index in [4.69, 9.17) is 40.9 Å². The molecule has 22 nitrogen and oxygen atoms in total. The van der Waals surface area contributed by atoms with Gasteiger partial charge in [0.05, 0.1) is 48.0 Å². The van der Waals surface area contributed by atoms with E-state index >= 15 is 4.79 Å². The van der Waals surface area contributed by atoms with Crippen LogP contribution in [0.4, 0.5) is 0 Å². The van der Waals surface area contributed by atoms with Crippen LogP contribution < -0.4 is 27.4 Å². The molecule has 26 heteroatoms. The van der Waals surface area contributed by atoms with E-state index in [1.807, 2.05) is 6.08 Å². The summed E-state index contributed by atoms with van der Waals surface area (Å²) in [5, 5.41) is 89.0. The minimum absolute atomic E-state index is 0.00102. The number of carboxylic acids is 1. The highest BCUT2D eigenvalue weighted by Gasteiger charge is 2.58. The Morgan fingerprint density at radius 2 is 1.86 bits per heavy atom. The van der Waals surface area contributed by atoms with Crippen molar-refractivity contribution in [2.75, 3.05) is 57.6 Å². The average molecular weight is 1090 g/mol. The maximum Gasteiger partial charge on any atom is 0.343 e. The number of carbonyl (C=O) groups is 2. The summed E-state index contributed by atoms with van der Waals surface area (Å²) in [6, 6.07) is -0.716. The number of allylic oxidation sites excluding steroid dienone is 1. The van der Waals surface area contributed by atoms with E-state index in [-0.39, 0.29) is 91.9 Å². The van der Waals surface area contributed by atoms with Crippen molar-refractivity contribution in [3.63, 3.8) is 0 Å². The Balaban J connectivity index is 1.52. The molecule has 1 aliphatic carbocycles. The van der Waals surface area contributed by atoms with Gasteiger partial charge in [-0.2, -0.15) is 0 Å². The Morgan fingerprint density at radius 1 is 1.07 bits per heavy atom. The smallest absolute Gasteiger partial charge is 0.343 e. The molecule has 7 rings (SSSR count). The maximum absolute atomic E-state index is 15.1. The average Bonchev–Trinajstić information content (AvgIpc) is 3.71. The van der Waals surface area contributed by atoms with Crippen LogP contribution in [0.2, 0.25) is 0 Å². The van der Waals surface area contributed by atoms with Gasteiger partial charge in [-0.3, -0.25) is 14.9 Å². The number of ether oxygens (including phenoxy) is 5. The number of aliphatic imine (C=N–C) groups is 2. The van der Waals surface area contributed by atoms with E-state index in [2.05, 4.69) is 27.1 Å². The third-order valence-corrected chi connectivity index (χ3v) is 19.7. The molecule has 6 heterocycles. The number of aliphatic hydroxyl groups is 7. The minimum Gasteiger partial charge on any atom is -0.477 e. The number of carboxylic acid groups (broad SMARTS) is 1. The molecule has 7 aliphatic rings. The lowest BCUT2D eigenvalue weighted by atomic mass is 9.77. The number of fused-ring (bicyclic) bond motifs is 3. The Hall–Kier alpha value is -3.50. The second kappa shape index (κ2) is 24.9. The summed E-state index contributed by atoms with van der Waals surface area (Å²) >= 11 is 0. The van der Waals surface area contributed by atoms with Crippen LogP contribution in [-0.4, -0.2) is 187 Å². The molecule has 1 saturated heterocycles. The number of hydrogen-bond acceptors (Lipinski definition) is 20. The molecule has 14 atom stereocenters. The second-order valence-electron chi connectivity index (χ2n) is 18.6. The van der Waals surface area contributed by atoms with Crippen LogP contribution in [0, 0.1) is 35.5 Å². The Morgan fingerprint density at radius 3 is 2.56 bits per heavy atom. The predicted octanol–water partition coefficient (Wildman–Crippen LogP) is -2.21. The fourth-order valence-electron chi connectivity index (χ4n) is 9.94. The Kier molecular flexibility index (Phi) is 19.4. The first kappa shape index (κ1) is 56.2. The van der Waals surface area contributed by atoms with Crippen molar-refractivity contribution in [3.05, 3.63) is 58.7 Å². The lowest BCUT2D eigenvalue weighted by Crippen LogP contribution is -3.14. The van der Waals surface area contributed by atoms with Gasteiger partial charge in [0.1, 0.15) is 47.4 Å². The van der Waals surface area contributed by atoms with Gasteiger partial charge in [0.2, 0.25) is 12.1 Å². The molecule has 72 heavy (non-hydrogen) atoms. The summed E-state index contributed by atoms with van der Waals surface area (Å²) < 4.78 is 30.1. The number of rotatable bonds is 15. The zero-order valence-electron chi connectivity index (χ0n) is 39.8. The van der Waals surface area contributed by atoms with Crippen molar-refractivity contribution in [2.45, 2.75) is 104 Å². The third kappa shape index (κ3) is 12.4. The third-order valence-electron chi connectivity index (χ3n) is 13.5. The number of hydrogen-bond donors (Lipinski definition) is 13.